The van der Waals surface area contributed by atoms with E-state index in [1.54, 1.807) is 0 Å². The summed E-state index contributed by atoms with van der Waals surface area (Å²) in [5, 5.41) is 6.60. The summed E-state index contributed by atoms with van der Waals surface area (Å²) in [6, 6.07) is 5.61. The highest BCUT2D eigenvalue weighted by Gasteiger charge is 2.13. The average Bonchev–Trinajstić information content (AvgIpc) is 2.31. The van der Waals surface area contributed by atoms with Crippen LogP contribution < -0.4 is 10.6 Å². The molecule has 0 bridgehead atoms. The lowest BCUT2D eigenvalue weighted by Gasteiger charge is -2.14. The van der Waals surface area contributed by atoms with Crippen LogP contribution in [0.25, 0.3) is 0 Å². The van der Waals surface area contributed by atoms with E-state index in [1.165, 1.54) is 0 Å². The van der Waals surface area contributed by atoms with E-state index in [9.17, 15) is 4.79 Å². The van der Waals surface area contributed by atoms with Gasteiger partial charge in [0.2, 0.25) is 5.91 Å². The second-order valence-corrected chi connectivity index (χ2v) is 4.51. The first-order valence-electron chi connectivity index (χ1n) is 5.83. The molecule has 3 nitrogen and oxygen atoms in total. The fourth-order valence-corrected chi connectivity index (χ4v) is 1.63. The van der Waals surface area contributed by atoms with Crippen LogP contribution in [0.1, 0.15) is 19.4 Å². The molecule has 0 aliphatic heterocycles. The molecule has 2 N–H and O–H groups in total. The molecular formula is C13H19ClN2O. The van der Waals surface area contributed by atoms with Crippen molar-refractivity contribution in [3.05, 3.63) is 28.8 Å². The Hall–Kier alpha value is -1.06. The van der Waals surface area contributed by atoms with Crippen LogP contribution in [-0.2, 0) is 4.79 Å². The van der Waals surface area contributed by atoms with E-state index in [0.717, 1.165) is 12.1 Å². The van der Waals surface area contributed by atoms with E-state index in [2.05, 4.69) is 10.6 Å². The molecule has 0 heterocycles. The number of rotatable bonds is 5. The summed E-state index contributed by atoms with van der Waals surface area (Å²) in [4.78, 5) is 11.9. The summed E-state index contributed by atoms with van der Waals surface area (Å²) >= 11 is 6.12. The summed E-state index contributed by atoms with van der Waals surface area (Å²) in [6.07, 6.45) is 0. The van der Waals surface area contributed by atoms with Gasteiger partial charge in [0.25, 0.3) is 0 Å². The molecule has 1 aromatic rings. The molecule has 1 aromatic carbocycles. The first kappa shape index (κ1) is 14.0. The van der Waals surface area contributed by atoms with Crippen molar-refractivity contribution < 1.29 is 4.79 Å². The van der Waals surface area contributed by atoms with Gasteiger partial charge in [-0.2, -0.15) is 0 Å². The van der Waals surface area contributed by atoms with Gasteiger partial charge < -0.3 is 10.6 Å². The Morgan fingerprint density at radius 1 is 1.47 bits per heavy atom. The maximum Gasteiger partial charge on any atom is 0.228 e. The molecular weight excluding hydrogens is 236 g/mol. The standard InChI is InChI=1S/C13H19ClN2O/c1-4-15-8-10(3)13(17)16-11-7-5-6-9(2)12(11)14/h5-7,10,15H,4,8H2,1-3H3,(H,16,17). The zero-order valence-corrected chi connectivity index (χ0v) is 11.3. The number of hydrogen-bond donors (Lipinski definition) is 2. The topological polar surface area (TPSA) is 41.1 Å². The van der Waals surface area contributed by atoms with Crippen LogP contribution in [0.4, 0.5) is 5.69 Å². The fraction of sp³-hybridized carbons (Fsp3) is 0.462. The Morgan fingerprint density at radius 3 is 2.82 bits per heavy atom. The Bertz CT molecular complexity index is 393. The number of hydrogen-bond acceptors (Lipinski definition) is 2. The smallest absolute Gasteiger partial charge is 0.228 e. The number of carbonyl (C=O) groups is 1. The molecule has 0 saturated heterocycles. The van der Waals surface area contributed by atoms with Crippen molar-refractivity contribution in [2.75, 3.05) is 18.4 Å². The highest BCUT2D eigenvalue weighted by atomic mass is 35.5. The third kappa shape index (κ3) is 4.02. The minimum absolute atomic E-state index is 0.0153. The van der Waals surface area contributed by atoms with Crippen molar-refractivity contribution in [2.24, 2.45) is 5.92 Å². The number of benzene rings is 1. The molecule has 1 unspecified atom stereocenters. The molecule has 0 fully saturated rings. The van der Waals surface area contributed by atoms with Crippen LogP contribution >= 0.6 is 11.6 Å². The number of halogens is 1. The number of carbonyl (C=O) groups excluding carboxylic acids is 1. The monoisotopic (exact) mass is 254 g/mol. The van der Waals surface area contributed by atoms with E-state index in [4.69, 9.17) is 11.6 Å². The van der Waals surface area contributed by atoms with E-state index in [-0.39, 0.29) is 11.8 Å². The van der Waals surface area contributed by atoms with Gasteiger partial charge in [-0.1, -0.05) is 37.6 Å². The molecule has 17 heavy (non-hydrogen) atoms. The molecule has 0 aromatic heterocycles. The summed E-state index contributed by atoms with van der Waals surface area (Å²) < 4.78 is 0. The average molecular weight is 255 g/mol. The molecule has 0 aliphatic rings. The van der Waals surface area contributed by atoms with Crippen molar-refractivity contribution in [3.63, 3.8) is 0 Å². The Morgan fingerprint density at radius 2 is 2.18 bits per heavy atom. The first-order valence-corrected chi connectivity index (χ1v) is 6.20. The van der Waals surface area contributed by atoms with E-state index in [1.807, 2.05) is 39.0 Å². The minimum atomic E-state index is -0.0773. The van der Waals surface area contributed by atoms with Crippen molar-refractivity contribution in [1.29, 1.82) is 0 Å². The predicted molar refractivity (Wildman–Crippen MR) is 72.5 cm³/mol. The lowest BCUT2D eigenvalue weighted by Crippen LogP contribution is -2.30. The molecule has 1 rings (SSSR count). The van der Waals surface area contributed by atoms with Gasteiger partial charge in [-0.25, -0.2) is 0 Å². The maximum absolute atomic E-state index is 11.9. The van der Waals surface area contributed by atoms with Gasteiger partial charge in [0.1, 0.15) is 0 Å². The van der Waals surface area contributed by atoms with Crippen LogP contribution in [0.5, 0.6) is 0 Å². The molecule has 1 atom stereocenters. The van der Waals surface area contributed by atoms with Crippen molar-refractivity contribution in [3.8, 4) is 0 Å². The van der Waals surface area contributed by atoms with Crippen LogP contribution in [0, 0.1) is 12.8 Å². The molecule has 0 radical (unpaired) electrons. The largest absolute Gasteiger partial charge is 0.324 e. The van der Waals surface area contributed by atoms with Gasteiger partial charge in [-0.15, -0.1) is 0 Å². The second-order valence-electron chi connectivity index (χ2n) is 4.13. The third-order valence-electron chi connectivity index (χ3n) is 2.60. The van der Waals surface area contributed by atoms with Crippen molar-refractivity contribution in [1.82, 2.24) is 5.32 Å². The fourth-order valence-electron chi connectivity index (χ4n) is 1.45. The number of aryl methyl sites for hydroxylation is 1. The van der Waals surface area contributed by atoms with E-state index < -0.39 is 0 Å². The Balaban J connectivity index is 2.64. The molecule has 0 aliphatic carbocycles. The van der Waals surface area contributed by atoms with Gasteiger partial charge in [-0.05, 0) is 25.1 Å². The number of anilines is 1. The van der Waals surface area contributed by atoms with Gasteiger partial charge >= 0.3 is 0 Å². The zero-order valence-electron chi connectivity index (χ0n) is 10.5. The molecule has 4 heteroatoms. The van der Waals surface area contributed by atoms with E-state index in [0.29, 0.717) is 17.3 Å². The third-order valence-corrected chi connectivity index (χ3v) is 3.10. The lowest BCUT2D eigenvalue weighted by atomic mass is 10.1. The molecule has 0 saturated carbocycles. The summed E-state index contributed by atoms with van der Waals surface area (Å²) in [5.74, 6) is -0.0926. The predicted octanol–water partition coefficient (Wildman–Crippen LogP) is 2.83. The Labute approximate surface area is 108 Å². The first-order chi connectivity index (χ1) is 8.06. The van der Waals surface area contributed by atoms with Gasteiger partial charge in [0.15, 0.2) is 0 Å². The van der Waals surface area contributed by atoms with Gasteiger partial charge in [0, 0.05) is 12.5 Å². The summed E-state index contributed by atoms with van der Waals surface area (Å²) in [5.41, 5.74) is 1.64. The van der Waals surface area contributed by atoms with Crippen LogP contribution in [0.15, 0.2) is 18.2 Å². The lowest BCUT2D eigenvalue weighted by molar-refractivity contribution is -0.119. The second kappa shape index (κ2) is 6.62. The number of nitrogens with one attached hydrogen (secondary N) is 2. The van der Waals surface area contributed by atoms with Crippen molar-refractivity contribution >= 4 is 23.2 Å². The van der Waals surface area contributed by atoms with Gasteiger partial charge in [0.05, 0.1) is 10.7 Å². The van der Waals surface area contributed by atoms with Crippen LogP contribution in [-0.4, -0.2) is 19.0 Å². The quantitative estimate of drug-likeness (QED) is 0.848. The maximum atomic E-state index is 11.9. The summed E-state index contributed by atoms with van der Waals surface area (Å²) in [6.45, 7) is 7.36. The van der Waals surface area contributed by atoms with Crippen LogP contribution in [0.2, 0.25) is 5.02 Å². The zero-order chi connectivity index (χ0) is 12.8. The number of amides is 1. The van der Waals surface area contributed by atoms with Crippen molar-refractivity contribution in [2.45, 2.75) is 20.8 Å². The van der Waals surface area contributed by atoms with Crippen LogP contribution in [0.3, 0.4) is 0 Å². The van der Waals surface area contributed by atoms with Gasteiger partial charge in [-0.3, -0.25) is 4.79 Å². The Kier molecular flexibility index (Phi) is 5.45. The molecule has 0 spiro atoms. The highest BCUT2D eigenvalue weighted by molar-refractivity contribution is 6.34. The summed E-state index contributed by atoms with van der Waals surface area (Å²) in [7, 11) is 0. The molecule has 1 amide bonds. The minimum Gasteiger partial charge on any atom is -0.324 e. The SMILES string of the molecule is CCNCC(C)C(=O)Nc1cccc(C)c1Cl. The molecule has 94 valence electrons. The normalized spacial score (nSPS) is 12.2. The highest BCUT2D eigenvalue weighted by Crippen LogP contribution is 2.25. The van der Waals surface area contributed by atoms with E-state index >= 15 is 0 Å².